The number of aromatic nitrogens is 1. The van der Waals surface area contributed by atoms with Crippen molar-refractivity contribution in [2.75, 3.05) is 0 Å². The van der Waals surface area contributed by atoms with Crippen molar-refractivity contribution in [3.8, 4) is 11.6 Å². The standard InChI is InChI=1S/C15H14BrClFNO/c1-2-3-12-6-10(9-17)7-15(19-12)20-14-8-11(16)4-5-13(14)18/h4-8H,2-3,9H2,1H3. The van der Waals surface area contributed by atoms with E-state index < -0.39 is 5.82 Å². The van der Waals surface area contributed by atoms with Crippen LogP contribution in [0.25, 0.3) is 0 Å². The Labute approximate surface area is 131 Å². The summed E-state index contributed by atoms with van der Waals surface area (Å²) in [6.07, 6.45) is 1.81. The zero-order valence-electron chi connectivity index (χ0n) is 11.0. The average molecular weight is 359 g/mol. The number of rotatable bonds is 5. The number of pyridine rings is 1. The van der Waals surface area contributed by atoms with Gasteiger partial charge < -0.3 is 4.74 Å². The Bertz CT molecular complexity index is 606. The van der Waals surface area contributed by atoms with Crippen molar-refractivity contribution < 1.29 is 9.13 Å². The molecule has 2 rings (SSSR count). The Morgan fingerprint density at radius 3 is 2.80 bits per heavy atom. The van der Waals surface area contributed by atoms with E-state index in [-0.39, 0.29) is 5.75 Å². The highest BCUT2D eigenvalue weighted by Crippen LogP contribution is 2.27. The van der Waals surface area contributed by atoms with Crippen molar-refractivity contribution in [1.29, 1.82) is 0 Å². The van der Waals surface area contributed by atoms with Gasteiger partial charge in [0, 0.05) is 22.1 Å². The van der Waals surface area contributed by atoms with E-state index in [2.05, 4.69) is 27.8 Å². The van der Waals surface area contributed by atoms with Crippen LogP contribution in [0.4, 0.5) is 4.39 Å². The molecule has 0 bridgehead atoms. The third kappa shape index (κ3) is 3.93. The zero-order valence-corrected chi connectivity index (χ0v) is 13.3. The highest BCUT2D eigenvalue weighted by atomic mass is 79.9. The smallest absolute Gasteiger partial charge is 0.219 e. The van der Waals surface area contributed by atoms with Gasteiger partial charge in [-0.2, -0.15) is 0 Å². The molecule has 0 aliphatic carbocycles. The van der Waals surface area contributed by atoms with E-state index in [0.717, 1.165) is 28.6 Å². The number of hydrogen-bond donors (Lipinski definition) is 0. The third-order valence-corrected chi connectivity index (χ3v) is 3.48. The van der Waals surface area contributed by atoms with Crippen LogP contribution in [0.15, 0.2) is 34.8 Å². The van der Waals surface area contributed by atoms with Gasteiger partial charge in [0.15, 0.2) is 11.6 Å². The number of benzene rings is 1. The molecule has 0 N–H and O–H groups in total. The minimum atomic E-state index is -0.427. The normalized spacial score (nSPS) is 10.6. The first-order valence-electron chi connectivity index (χ1n) is 6.31. The summed E-state index contributed by atoms with van der Waals surface area (Å²) in [6, 6.07) is 8.21. The molecule has 20 heavy (non-hydrogen) atoms. The first-order chi connectivity index (χ1) is 9.62. The zero-order chi connectivity index (χ0) is 14.5. The Kier molecular flexibility index (Phi) is 5.38. The lowest BCUT2D eigenvalue weighted by Gasteiger charge is -2.09. The molecule has 0 unspecified atom stereocenters. The molecule has 1 heterocycles. The van der Waals surface area contributed by atoms with Crippen molar-refractivity contribution in [3.05, 3.63) is 51.9 Å². The highest BCUT2D eigenvalue weighted by molar-refractivity contribution is 9.10. The Morgan fingerprint density at radius 1 is 1.30 bits per heavy atom. The van der Waals surface area contributed by atoms with Gasteiger partial charge in [-0.05, 0) is 36.2 Å². The topological polar surface area (TPSA) is 22.1 Å². The number of alkyl halides is 1. The lowest BCUT2D eigenvalue weighted by molar-refractivity contribution is 0.425. The van der Waals surface area contributed by atoms with Gasteiger partial charge in [0.1, 0.15) is 0 Å². The number of nitrogens with zero attached hydrogens (tertiary/aromatic N) is 1. The van der Waals surface area contributed by atoms with Gasteiger partial charge in [-0.15, -0.1) is 11.6 Å². The van der Waals surface area contributed by atoms with Crippen molar-refractivity contribution >= 4 is 27.5 Å². The molecule has 0 aliphatic rings. The molecule has 0 radical (unpaired) electrons. The SMILES string of the molecule is CCCc1cc(CCl)cc(Oc2cc(Br)ccc2F)n1. The lowest BCUT2D eigenvalue weighted by Crippen LogP contribution is -1.97. The molecule has 0 fully saturated rings. The van der Waals surface area contributed by atoms with Gasteiger partial charge in [-0.25, -0.2) is 9.37 Å². The molecule has 0 spiro atoms. The molecule has 5 heteroatoms. The summed E-state index contributed by atoms with van der Waals surface area (Å²) in [6.45, 7) is 2.07. The number of ether oxygens (including phenoxy) is 1. The lowest BCUT2D eigenvalue weighted by atomic mass is 10.2. The van der Waals surface area contributed by atoms with Crippen LogP contribution in [0.5, 0.6) is 11.6 Å². The van der Waals surface area contributed by atoms with Crippen LogP contribution in [-0.2, 0) is 12.3 Å². The molecule has 0 saturated carbocycles. The van der Waals surface area contributed by atoms with E-state index >= 15 is 0 Å². The monoisotopic (exact) mass is 357 g/mol. The molecule has 1 aromatic carbocycles. The quantitative estimate of drug-likeness (QED) is 0.661. The van der Waals surface area contributed by atoms with Crippen molar-refractivity contribution in [2.24, 2.45) is 0 Å². The summed E-state index contributed by atoms with van der Waals surface area (Å²) in [5.74, 6) is 0.448. The summed E-state index contributed by atoms with van der Waals surface area (Å²) in [7, 11) is 0. The second-order valence-corrected chi connectivity index (χ2v) is 5.55. The molecular formula is C15H14BrClFNO. The maximum atomic E-state index is 13.7. The minimum absolute atomic E-state index is 0.140. The Hall–Kier alpha value is -1.13. The molecule has 0 amide bonds. The van der Waals surface area contributed by atoms with Gasteiger partial charge in [0.05, 0.1) is 0 Å². The Morgan fingerprint density at radius 2 is 2.10 bits per heavy atom. The fourth-order valence-electron chi connectivity index (χ4n) is 1.80. The van der Waals surface area contributed by atoms with Crippen molar-refractivity contribution in [3.63, 3.8) is 0 Å². The number of hydrogen-bond acceptors (Lipinski definition) is 2. The largest absolute Gasteiger partial charge is 0.436 e. The molecule has 0 atom stereocenters. The van der Waals surface area contributed by atoms with Crippen LogP contribution in [0.2, 0.25) is 0 Å². The van der Waals surface area contributed by atoms with Crippen molar-refractivity contribution in [2.45, 2.75) is 25.6 Å². The molecule has 2 nitrogen and oxygen atoms in total. The van der Waals surface area contributed by atoms with E-state index in [1.807, 2.05) is 6.07 Å². The van der Waals surface area contributed by atoms with Crippen LogP contribution >= 0.6 is 27.5 Å². The maximum Gasteiger partial charge on any atom is 0.219 e. The fourth-order valence-corrected chi connectivity index (χ4v) is 2.30. The van der Waals surface area contributed by atoms with Crippen LogP contribution in [-0.4, -0.2) is 4.98 Å². The molecule has 0 aliphatic heterocycles. The summed E-state index contributed by atoms with van der Waals surface area (Å²) in [4.78, 5) is 4.37. The predicted molar refractivity (Wildman–Crippen MR) is 82.0 cm³/mol. The average Bonchev–Trinajstić information content (AvgIpc) is 2.43. The van der Waals surface area contributed by atoms with E-state index in [1.165, 1.54) is 6.07 Å². The van der Waals surface area contributed by atoms with Gasteiger partial charge in [-0.3, -0.25) is 0 Å². The molecule has 2 aromatic rings. The van der Waals surface area contributed by atoms with Crippen LogP contribution in [0, 0.1) is 5.82 Å². The summed E-state index contributed by atoms with van der Waals surface area (Å²) in [5, 5.41) is 0. The van der Waals surface area contributed by atoms with Crippen LogP contribution in [0.1, 0.15) is 24.6 Å². The van der Waals surface area contributed by atoms with E-state index in [0.29, 0.717) is 11.8 Å². The van der Waals surface area contributed by atoms with Gasteiger partial charge in [0.25, 0.3) is 0 Å². The first-order valence-corrected chi connectivity index (χ1v) is 7.64. The highest BCUT2D eigenvalue weighted by Gasteiger charge is 2.09. The van der Waals surface area contributed by atoms with Gasteiger partial charge >= 0.3 is 0 Å². The van der Waals surface area contributed by atoms with Gasteiger partial charge in [0.2, 0.25) is 5.88 Å². The van der Waals surface area contributed by atoms with Crippen LogP contribution in [0.3, 0.4) is 0 Å². The molecular weight excluding hydrogens is 345 g/mol. The second kappa shape index (κ2) is 7.04. The van der Waals surface area contributed by atoms with E-state index in [9.17, 15) is 4.39 Å². The van der Waals surface area contributed by atoms with E-state index in [1.54, 1.807) is 18.2 Å². The van der Waals surface area contributed by atoms with E-state index in [4.69, 9.17) is 16.3 Å². The number of halogens is 3. The maximum absolute atomic E-state index is 13.7. The predicted octanol–water partition coefficient (Wildman–Crippen LogP) is 5.47. The second-order valence-electron chi connectivity index (χ2n) is 4.37. The molecule has 0 saturated heterocycles. The van der Waals surface area contributed by atoms with Gasteiger partial charge in [-0.1, -0.05) is 29.3 Å². The Balaban J connectivity index is 2.32. The van der Waals surface area contributed by atoms with Crippen LogP contribution < -0.4 is 4.74 Å². The fraction of sp³-hybridized carbons (Fsp3) is 0.267. The van der Waals surface area contributed by atoms with Crippen molar-refractivity contribution in [1.82, 2.24) is 4.98 Å². The summed E-state index contributed by atoms with van der Waals surface area (Å²) >= 11 is 9.15. The molecule has 1 aromatic heterocycles. The minimum Gasteiger partial charge on any atom is -0.436 e. The summed E-state index contributed by atoms with van der Waals surface area (Å²) in [5.41, 5.74) is 1.81. The molecule has 106 valence electrons. The third-order valence-electron chi connectivity index (χ3n) is 2.68. The summed E-state index contributed by atoms with van der Waals surface area (Å²) < 4.78 is 20.0. The first kappa shape index (κ1) is 15.3. The number of aryl methyl sites for hydroxylation is 1.